The second-order valence-corrected chi connectivity index (χ2v) is 6.54. The van der Waals surface area contributed by atoms with Gasteiger partial charge < -0.3 is 5.32 Å². The number of hydrogen-bond acceptors (Lipinski definition) is 7. The molecule has 1 fully saturated rings. The number of carbonyl (C=O) groups excluding carboxylic acids is 1. The van der Waals surface area contributed by atoms with E-state index in [0.29, 0.717) is 15.2 Å². The Labute approximate surface area is 139 Å². The van der Waals surface area contributed by atoms with Crippen LogP contribution in [0.15, 0.2) is 52.2 Å². The van der Waals surface area contributed by atoms with E-state index in [-0.39, 0.29) is 5.91 Å². The van der Waals surface area contributed by atoms with E-state index in [1.54, 1.807) is 12.4 Å². The van der Waals surface area contributed by atoms with Gasteiger partial charge in [-0.15, -0.1) is 11.3 Å². The van der Waals surface area contributed by atoms with Gasteiger partial charge in [-0.2, -0.15) is 4.99 Å². The summed E-state index contributed by atoms with van der Waals surface area (Å²) in [5, 5.41) is 6.69. The summed E-state index contributed by atoms with van der Waals surface area (Å²) < 4.78 is 0. The summed E-state index contributed by atoms with van der Waals surface area (Å²) in [6.45, 7) is 0. The first-order chi connectivity index (χ1) is 11.3. The Morgan fingerprint density at radius 3 is 3.09 bits per heavy atom. The molecule has 2 aromatic heterocycles. The highest BCUT2D eigenvalue weighted by molar-refractivity contribution is 8.18. The van der Waals surface area contributed by atoms with Crippen molar-refractivity contribution < 1.29 is 4.79 Å². The maximum Gasteiger partial charge on any atom is 0.264 e. The molecule has 3 heterocycles. The molecular formula is C15H9N5OS2. The zero-order valence-electron chi connectivity index (χ0n) is 11.6. The Hall–Kier alpha value is -2.58. The SMILES string of the molecule is O=C1NC(=Nc2nccs2)S/C1=C\c1ccc2ncncc2c1. The van der Waals surface area contributed by atoms with Gasteiger partial charge in [0.25, 0.3) is 5.91 Å². The summed E-state index contributed by atoms with van der Waals surface area (Å²) in [6.07, 6.45) is 6.78. The lowest BCUT2D eigenvalue weighted by atomic mass is 10.1. The molecule has 1 N–H and O–H groups in total. The molecule has 6 nitrogen and oxygen atoms in total. The van der Waals surface area contributed by atoms with Crippen LogP contribution in [0.2, 0.25) is 0 Å². The summed E-state index contributed by atoms with van der Waals surface area (Å²) in [5.41, 5.74) is 1.79. The topological polar surface area (TPSA) is 80.1 Å². The molecule has 112 valence electrons. The normalized spacial score (nSPS) is 18.0. The molecule has 1 aliphatic rings. The lowest BCUT2D eigenvalue weighted by Crippen LogP contribution is -2.19. The third kappa shape index (κ3) is 2.99. The largest absolute Gasteiger partial charge is 0.300 e. The Kier molecular flexibility index (Phi) is 3.60. The highest BCUT2D eigenvalue weighted by atomic mass is 32.2. The van der Waals surface area contributed by atoms with Gasteiger partial charge in [-0.3, -0.25) is 4.79 Å². The van der Waals surface area contributed by atoms with E-state index in [1.165, 1.54) is 29.4 Å². The molecular weight excluding hydrogens is 330 g/mol. The van der Waals surface area contributed by atoms with Crippen LogP contribution < -0.4 is 5.32 Å². The van der Waals surface area contributed by atoms with E-state index in [1.807, 2.05) is 29.7 Å². The van der Waals surface area contributed by atoms with E-state index in [9.17, 15) is 4.79 Å². The van der Waals surface area contributed by atoms with E-state index in [2.05, 4.69) is 25.3 Å². The van der Waals surface area contributed by atoms with Crippen molar-refractivity contribution in [2.24, 2.45) is 4.99 Å². The van der Waals surface area contributed by atoms with E-state index < -0.39 is 0 Å². The second-order valence-electron chi connectivity index (χ2n) is 4.64. The summed E-state index contributed by atoms with van der Waals surface area (Å²) in [5.74, 6) is -0.158. The summed E-state index contributed by atoms with van der Waals surface area (Å²) >= 11 is 2.72. The van der Waals surface area contributed by atoms with Crippen molar-refractivity contribution in [3.63, 3.8) is 0 Å². The van der Waals surface area contributed by atoms with Crippen molar-refractivity contribution >= 4 is 56.3 Å². The van der Waals surface area contributed by atoms with Gasteiger partial charge in [-0.25, -0.2) is 15.0 Å². The van der Waals surface area contributed by atoms with Crippen molar-refractivity contribution in [3.8, 4) is 0 Å². The number of hydrogen-bond donors (Lipinski definition) is 1. The Morgan fingerprint density at radius 1 is 1.26 bits per heavy atom. The minimum Gasteiger partial charge on any atom is -0.300 e. The van der Waals surface area contributed by atoms with Crippen LogP contribution in [0.1, 0.15) is 5.56 Å². The number of amides is 1. The number of aliphatic imine (C=N–C) groups is 1. The molecule has 1 aromatic carbocycles. The Morgan fingerprint density at radius 2 is 2.22 bits per heavy atom. The molecule has 1 amide bonds. The fraction of sp³-hybridized carbons (Fsp3) is 0. The van der Waals surface area contributed by atoms with Gasteiger partial charge in [0.1, 0.15) is 6.33 Å². The van der Waals surface area contributed by atoms with Gasteiger partial charge >= 0.3 is 0 Å². The van der Waals surface area contributed by atoms with Gasteiger partial charge in [-0.1, -0.05) is 6.07 Å². The maximum atomic E-state index is 12.1. The quantitative estimate of drug-likeness (QED) is 0.726. The maximum absolute atomic E-state index is 12.1. The first-order valence-corrected chi connectivity index (χ1v) is 8.36. The minimum atomic E-state index is -0.158. The van der Waals surface area contributed by atoms with Gasteiger partial charge in [0.05, 0.1) is 10.4 Å². The second kappa shape index (κ2) is 5.90. The molecule has 0 saturated carbocycles. The minimum absolute atomic E-state index is 0.158. The average Bonchev–Trinajstić information content (AvgIpc) is 3.18. The molecule has 8 heteroatoms. The highest BCUT2D eigenvalue weighted by Crippen LogP contribution is 2.29. The van der Waals surface area contributed by atoms with Crippen molar-refractivity contribution in [2.75, 3.05) is 0 Å². The number of aromatic nitrogens is 3. The fourth-order valence-corrected chi connectivity index (χ4v) is 3.47. The van der Waals surface area contributed by atoms with Crippen molar-refractivity contribution in [1.29, 1.82) is 0 Å². The Bertz CT molecular complexity index is 949. The summed E-state index contributed by atoms with van der Waals surface area (Å²) in [7, 11) is 0. The number of rotatable bonds is 2. The standard InChI is InChI=1S/C15H9N5OS2/c21-13-12(23-15(19-13)20-14-17-3-4-22-14)6-9-1-2-11-10(5-9)7-16-8-18-11/h1-8H,(H,17,19,20,21)/b12-6-. The van der Waals surface area contributed by atoms with Gasteiger partial charge in [-0.05, 0) is 35.5 Å². The lowest BCUT2D eigenvalue weighted by Gasteiger charge is -1.98. The van der Waals surface area contributed by atoms with Crippen LogP contribution in [0.5, 0.6) is 0 Å². The summed E-state index contributed by atoms with van der Waals surface area (Å²) in [6, 6.07) is 5.78. The van der Waals surface area contributed by atoms with E-state index in [4.69, 9.17) is 0 Å². The number of carbonyl (C=O) groups is 1. The smallest absolute Gasteiger partial charge is 0.264 e. The van der Waals surface area contributed by atoms with Crippen LogP contribution in [0, 0.1) is 0 Å². The molecule has 4 rings (SSSR count). The molecule has 0 spiro atoms. The van der Waals surface area contributed by atoms with Crippen molar-refractivity contribution in [2.45, 2.75) is 0 Å². The number of thiazole rings is 1. The zero-order chi connectivity index (χ0) is 15.6. The van der Waals surface area contributed by atoms with Crippen molar-refractivity contribution in [1.82, 2.24) is 20.3 Å². The highest BCUT2D eigenvalue weighted by Gasteiger charge is 2.24. The lowest BCUT2D eigenvalue weighted by molar-refractivity contribution is -0.115. The van der Waals surface area contributed by atoms with Crippen LogP contribution in [0.25, 0.3) is 17.0 Å². The zero-order valence-corrected chi connectivity index (χ0v) is 13.3. The molecule has 3 aromatic rings. The predicted molar refractivity (Wildman–Crippen MR) is 92.5 cm³/mol. The number of benzene rings is 1. The molecule has 0 unspecified atom stereocenters. The van der Waals surface area contributed by atoms with E-state index >= 15 is 0 Å². The monoisotopic (exact) mass is 339 g/mol. The first-order valence-electron chi connectivity index (χ1n) is 6.67. The van der Waals surface area contributed by atoms with Gasteiger partial charge in [0, 0.05) is 23.2 Å². The molecule has 0 atom stereocenters. The van der Waals surface area contributed by atoms with Crippen LogP contribution in [-0.4, -0.2) is 26.0 Å². The molecule has 0 bridgehead atoms. The predicted octanol–water partition coefficient (Wildman–Crippen LogP) is 2.98. The molecule has 0 aliphatic carbocycles. The number of thioether (sulfide) groups is 1. The van der Waals surface area contributed by atoms with Crippen molar-refractivity contribution in [3.05, 3.63) is 52.8 Å². The number of fused-ring (bicyclic) bond motifs is 1. The third-order valence-electron chi connectivity index (χ3n) is 3.09. The number of nitrogens with zero attached hydrogens (tertiary/aromatic N) is 4. The third-order valence-corrected chi connectivity index (χ3v) is 4.67. The van der Waals surface area contributed by atoms with Crippen LogP contribution in [-0.2, 0) is 4.79 Å². The molecule has 1 saturated heterocycles. The van der Waals surface area contributed by atoms with Crippen LogP contribution in [0.4, 0.5) is 5.13 Å². The average molecular weight is 339 g/mol. The molecule has 1 aliphatic heterocycles. The fourth-order valence-electron chi connectivity index (χ4n) is 2.08. The van der Waals surface area contributed by atoms with Gasteiger partial charge in [0.2, 0.25) is 5.13 Å². The van der Waals surface area contributed by atoms with Crippen LogP contribution >= 0.6 is 23.1 Å². The number of amidine groups is 1. The van der Waals surface area contributed by atoms with Crippen LogP contribution in [0.3, 0.4) is 0 Å². The Balaban J connectivity index is 1.63. The molecule has 0 radical (unpaired) electrons. The summed E-state index contributed by atoms with van der Waals surface area (Å²) in [4.78, 5) is 29.2. The van der Waals surface area contributed by atoms with E-state index in [0.717, 1.165) is 16.5 Å². The van der Waals surface area contributed by atoms with Gasteiger partial charge in [0.15, 0.2) is 5.17 Å². The number of nitrogens with one attached hydrogen (secondary N) is 1. The first kappa shape index (κ1) is 14.0. The molecule has 23 heavy (non-hydrogen) atoms.